The van der Waals surface area contributed by atoms with Crippen LogP contribution in [0, 0.1) is 0 Å². The zero-order valence-corrected chi connectivity index (χ0v) is 22.0. The Hall–Kier alpha value is -2.13. The van der Waals surface area contributed by atoms with Crippen LogP contribution in [0.3, 0.4) is 0 Å². The Bertz CT molecular complexity index is 1000. The molecule has 5 rings (SSSR count). The van der Waals surface area contributed by atoms with Gasteiger partial charge in [-0.15, -0.1) is 0 Å². The number of aromatic nitrogens is 2. The number of benzene rings is 1. The van der Waals surface area contributed by atoms with Gasteiger partial charge in [-0.25, -0.2) is 0 Å². The molecule has 2 aliphatic heterocycles. The quantitative estimate of drug-likeness (QED) is 0.536. The van der Waals surface area contributed by atoms with Gasteiger partial charge in [0.2, 0.25) is 5.91 Å². The zero-order valence-electron chi connectivity index (χ0n) is 21.3. The standard InChI is InChI=1S/C27H38ClN5O3/c1-30-10-12-32(13-11-30)26(34)16-27(21-35-25-8-6-23(28)7-9-25)20-31(14-15-36-27)18-22-17-29-33(19-22)24-4-2-3-5-24/h6-9,17,19,24H,2-5,10-16,18,20-21H2,1H3/t27-/m0/s1. The lowest BCUT2D eigenvalue weighted by molar-refractivity contribution is -0.157. The summed E-state index contributed by atoms with van der Waals surface area (Å²) in [6, 6.07) is 7.88. The van der Waals surface area contributed by atoms with Gasteiger partial charge in [0.05, 0.1) is 25.3 Å². The number of piperazine rings is 1. The van der Waals surface area contributed by atoms with Crippen molar-refractivity contribution in [2.45, 2.75) is 50.3 Å². The highest BCUT2D eigenvalue weighted by Crippen LogP contribution is 2.30. The van der Waals surface area contributed by atoms with Crippen LogP contribution < -0.4 is 4.74 Å². The molecule has 8 nitrogen and oxygen atoms in total. The number of amides is 1. The minimum atomic E-state index is -0.709. The smallest absolute Gasteiger partial charge is 0.225 e. The van der Waals surface area contributed by atoms with Crippen molar-refractivity contribution in [1.29, 1.82) is 0 Å². The summed E-state index contributed by atoms with van der Waals surface area (Å²) in [4.78, 5) is 20.0. The minimum Gasteiger partial charge on any atom is -0.491 e. The third-order valence-electron chi connectivity index (χ3n) is 7.73. The topological polar surface area (TPSA) is 63.1 Å². The Balaban J connectivity index is 1.27. The molecule has 0 N–H and O–H groups in total. The molecule has 0 unspecified atom stereocenters. The third-order valence-corrected chi connectivity index (χ3v) is 7.98. The number of halogens is 1. The molecule has 1 atom stereocenters. The fourth-order valence-corrected chi connectivity index (χ4v) is 5.70. The Morgan fingerprint density at radius 3 is 2.64 bits per heavy atom. The Labute approximate surface area is 219 Å². The van der Waals surface area contributed by atoms with Gasteiger partial charge in [-0.3, -0.25) is 14.4 Å². The van der Waals surface area contributed by atoms with Crippen LogP contribution >= 0.6 is 11.6 Å². The molecule has 1 aromatic carbocycles. The Kier molecular flexibility index (Phi) is 8.15. The van der Waals surface area contributed by atoms with Crippen LogP contribution in [0.4, 0.5) is 0 Å². The van der Waals surface area contributed by atoms with E-state index in [1.54, 1.807) is 0 Å². The highest BCUT2D eigenvalue weighted by Gasteiger charge is 2.41. The van der Waals surface area contributed by atoms with E-state index in [1.165, 1.54) is 31.2 Å². The first-order valence-corrected chi connectivity index (χ1v) is 13.6. The normalized spacial score (nSPS) is 24.3. The summed E-state index contributed by atoms with van der Waals surface area (Å²) in [6.07, 6.45) is 9.53. The molecule has 1 aliphatic carbocycles. The van der Waals surface area contributed by atoms with E-state index >= 15 is 0 Å². The number of nitrogens with zero attached hydrogens (tertiary/aromatic N) is 5. The van der Waals surface area contributed by atoms with Crippen LogP contribution in [0.25, 0.3) is 0 Å². The van der Waals surface area contributed by atoms with Gasteiger partial charge in [0, 0.05) is 62.6 Å². The summed E-state index contributed by atoms with van der Waals surface area (Å²) in [6.45, 7) is 6.44. The van der Waals surface area contributed by atoms with E-state index in [1.807, 2.05) is 35.4 Å². The average Bonchev–Trinajstić information content (AvgIpc) is 3.57. The first kappa shape index (κ1) is 25.5. The molecule has 2 saturated heterocycles. The van der Waals surface area contributed by atoms with E-state index in [2.05, 4.69) is 32.8 Å². The van der Waals surface area contributed by atoms with Crippen molar-refractivity contribution in [3.05, 3.63) is 47.2 Å². The molecule has 0 bridgehead atoms. The summed E-state index contributed by atoms with van der Waals surface area (Å²) in [5, 5.41) is 5.32. The minimum absolute atomic E-state index is 0.138. The van der Waals surface area contributed by atoms with Gasteiger partial charge in [0.25, 0.3) is 0 Å². The molecule has 1 aromatic heterocycles. The molecule has 2 aromatic rings. The van der Waals surface area contributed by atoms with E-state index in [9.17, 15) is 4.79 Å². The van der Waals surface area contributed by atoms with Crippen molar-refractivity contribution in [3.63, 3.8) is 0 Å². The maximum atomic E-state index is 13.4. The number of hydrogen-bond donors (Lipinski definition) is 0. The predicted octanol–water partition coefficient (Wildman–Crippen LogP) is 3.47. The molecule has 36 heavy (non-hydrogen) atoms. The molecule has 0 spiro atoms. The van der Waals surface area contributed by atoms with E-state index in [0.29, 0.717) is 37.2 Å². The number of ether oxygens (including phenoxy) is 2. The van der Waals surface area contributed by atoms with E-state index in [4.69, 9.17) is 21.1 Å². The van der Waals surface area contributed by atoms with Crippen molar-refractivity contribution in [3.8, 4) is 5.75 Å². The molecular weight excluding hydrogens is 478 g/mol. The molecule has 1 saturated carbocycles. The third kappa shape index (κ3) is 6.40. The van der Waals surface area contributed by atoms with Gasteiger partial charge < -0.3 is 19.3 Å². The first-order valence-electron chi connectivity index (χ1n) is 13.2. The number of carbonyl (C=O) groups excluding carboxylic acids is 1. The second kappa shape index (κ2) is 11.5. The molecule has 196 valence electrons. The van der Waals surface area contributed by atoms with Crippen LogP contribution in [0.1, 0.15) is 43.7 Å². The average molecular weight is 516 g/mol. The van der Waals surface area contributed by atoms with Crippen LogP contribution in [0.5, 0.6) is 5.75 Å². The number of rotatable bonds is 8. The van der Waals surface area contributed by atoms with Gasteiger partial charge in [-0.1, -0.05) is 24.4 Å². The van der Waals surface area contributed by atoms with E-state index in [0.717, 1.165) is 45.0 Å². The highest BCUT2D eigenvalue weighted by molar-refractivity contribution is 6.30. The van der Waals surface area contributed by atoms with Crippen LogP contribution in [-0.2, 0) is 16.1 Å². The summed E-state index contributed by atoms with van der Waals surface area (Å²) < 4.78 is 14.7. The summed E-state index contributed by atoms with van der Waals surface area (Å²) in [7, 11) is 2.10. The second-order valence-electron chi connectivity index (χ2n) is 10.6. The van der Waals surface area contributed by atoms with Gasteiger partial charge in [0.1, 0.15) is 18.0 Å². The maximum absolute atomic E-state index is 13.4. The molecule has 3 aliphatic rings. The monoisotopic (exact) mass is 515 g/mol. The Morgan fingerprint density at radius 2 is 1.89 bits per heavy atom. The molecular formula is C27H38ClN5O3. The molecule has 3 fully saturated rings. The lowest BCUT2D eigenvalue weighted by Crippen LogP contribution is -2.58. The van der Waals surface area contributed by atoms with Crippen molar-refractivity contribution >= 4 is 17.5 Å². The molecule has 9 heteroatoms. The largest absolute Gasteiger partial charge is 0.491 e. The van der Waals surface area contributed by atoms with Crippen molar-refractivity contribution < 1.29 is 14.3 Å². The molecule has 1 amide bonds. The summed E-state index contributed by atoms with van der Waals surface area (Å²) >= 11 is 6.04. The zero-order chi connectivity index (χ0) is 25.0. The summed E-state index contributed by atoms with van der Waals surface area (Å²) in [5.74, 6) is 0.864. The fraction of sp³-hybridized carbons (Fsp3) is 0.630. The van der Waals surface area contributed by atoms with Crippen LogP contribution in [0.2, 0.25) is 5.02 Å². The van der Waals surface area contributed by atoms with Crippen LogP contribution in [-0.4, -0.2) is 95.5 Å². The SMILES string of the molecule is CN1CCN(C(=O)C[C@@]2(COc3ccc(Cl)cc3)CN(Cc3cnn(C4CCCC4)c3)CCO2)CC1. The Morgan fingerprint density at radius 1 is 1.14 bits per heavy atom. The van der Waals surface area contributed by atoms with Gasteiger partial charge in [0.15, 0.2) is 0 Å². The van der Waals surface area contributed by atoms with E-state index in [-0.39, 0.29) is 5.91 Å². The van der Waals surface area contributed by atoms with Gasteiger partial charge >= 0.3 is 0 Å². The fourth-order valence-electron chi connectivity index (χ4n) is 5.58. The lowest BCUT2D eigenvalue weighted by atomic mass is 9.96. The first-order chi connectivity index (χ1) is 17.5. The van der Waals surface area contributed by atoms with Crippen molar-refractivity contribution in [2.75, 3.05) is 59.5 Å². The number of hydrogen-bond acceptors (Lipinski definition) is 6. The van der Waals surface area contributed by atoms with Crippen molar-refractivity contribution in [1.82, 2.24) is 24.5 Å². The number of morpholine rings is 1. The molecule has 0 radical (unpaired) electrons. The highest BCUT2D eigenvalue weighted by atomic mass is 35.5. The maximum Gasteiger partial charge on any atom is 0.225 e. The second-order valence-corrected chi connectivity index (χ2v) is 11.0. The summed E-state index contributed by atoms with van der Waals surface area (Å²) in [5.41, 5.74) is 0.501. The molecule has 3 heterocycles. The lowest BCUT2D eigenvalue weighted by Gasteiger charge is -2.43. The van der Waals surface area contributed by atoms with Crippen LogP contribution in [0.15, 0.2) is 36.7 Å². The predicted molar refractivity (Wildman–Crippen MR) is 139 cm³/mol. The van der Waals surface area contributed by atoms with Gasteiger partial charge in [-0.05, 0) is 44.2 Å². The van der Waals surface area contributed by atoms with Gasteiger partial charge in [-0.2, -0.15) is 5.10 Å². The van der Waals surface area contributed by atoms with Crippen molar-refractivity contribution in [2.24, 2.45) is 0 Å². The van der Waals surface area contributed by atoms with E-state index < -0.39 is 5.60 Å². The number of likely N-dealkylation sites (N-methyl/N-ethyl adjacent to an activating group) is 1. The number of carbonyl (C=O) groups is 1.